The molecule has 1 aromatic heterocycles. The van der Waals surface area contributed by atoms with Crippen LogP contribution in [0, 0.1) is 0 Å². The number of alkyl halides is 3. The summed E-state index contributed by atoms with van der Waals surface area (Å²) in [6.07, 6.45) is -4.46. The molecule has 0 bridgehead atoms. The molecule has 37 heavy (non-hydrogen) atoms. The van der Waals surface area contributed by atoms with Crippen molar-refractivity contribution in [1.29, 1.82) is 0 Å². The number of aromatic nitrogens is 1. The molecule has 9 heteroatoms. The first-order chi connectivity index (χ1) is 17.2. The minimum absolute atomic E-state index is 0.0413. The molecule has 0 amide bonds. The molecule has 4 aromatic rings. The van der Waals surface area contributed by atoms with Gasteiger partial charge in [-0.15, -0.1) is 0 Å². The molecule has 0 radical (unpaired) electrons. The molecule has 0 spiro atoms. The largest absolute Gasteiger partial charge is 0.465 e. The molecule has 1 heterocycles. The zero-order valence-corrected chi connectivity index (χ0v) is 21.6. The quantitative estimate of drug-likeness (QED) is 0.274. The SMILES string of the molecule is COC(=O)c1ccc(Cc2cc3cc(C(F)(F)F)ccc3n2S(=O)(=O)c2cccc(C(C)(C)C)c2)cc1. The molecule has 0 atom stereocenters. The Hall–Kier alpha value is -3.59. The van der Waals surface area contributed by atoms with E-state index in [1.807, 2.05) is 26.8 Å². The number of hydrogen-bond acceptors (Lipinski definition) is 4. The van der Waals surface area contributed by atoms with Gasteiger partial charge in [-0.05, 0) is 65.1 Å². The molecule has 0 unspecified atom stereocenters. The number of rotatable bonds is 5. The number of carbonyl (C=O) groups is 1. The first kappa shape index (κ1) is 26.5. The van der Waals surface area contributed by atoms with E-state index < -0.39 is 27.7 Å². The molecule has 0 aliphatic carbocycles. The molecule has 4 rings (SSSR count). The fourth-order valence-corrected chi connectivity index (χ4v) is 5.73. The van der Waals surface area contributed by atoms with Crippen LogP contribution in [0.1, 0.15) is 53.5 Å². The second-order valence-corrected chi connectivity index (χ2v) is 11.6. The fraction of sp³-hybridized carbons (Fsp3) is 0.250. The van der Waals surface area contributed by atoms with Crippen LogP contribution < -0.4 is 0 Å². The number of carbonyl (C=O) groups excluding carboxylic acids is 1. The Morgan fingerprint density at radius 3 is 2.16 bits per heavy atom. The molecule has 0 saturated heterocycles. The maximum absolute atomic E-state index is 13.9. The van der Waals surface area contributed by atoms with Crippen LogP contribution in [0.3, 0.4) is 0 Å². The first-order valence-electron chi connectivity index (χ1n) is 11.5. The van der Waals surface area contributed by atoms with Crippen molar-refractivity contribution in [3.05, 3.63) is 101 Å². The molecular formula is C28H26F3NO4S. The van der Waals surface area contributed by atoms with Crippen LogP contribution in [0.25, 0.3) is 10.9 Å². The van der Waals surface area contributed by atoms with Crippen molar-refractivity contribution in [3.63, 3.8) is 0 Å². The Bertz CT molecular complexity index is 1580. The number of benzene rings is 3. The number of esters is 1. The summed E-state index contributed by atoms with van der Waals surface area (Å²) in [5.74, 6) is -0.512. The topological polar surface area (TPSA) is 65.4 Å². The number of hydrogen-bond donors (Lipinski definition) is 0. The highest BCUT2D eigenvalue weighted by molar-refractivity contribution is 7.90. The highest BCUT2D eigenvalue weighted by Crippen LogP contribution is 2.35. The smallest absolute Gasteiger partial charge is 0.416 e. The maximum Gasteiger partial charge on any atom is 0.416 e. The molecule has 0 saturated carbocycles. The van der Waals surface area contributed by atoms with Gasteiger partial charge >= 0.3 is 12.1 Å². The predicted molar refractivity (Wildman–Crippen MR) is 135 cm³/mol. The van der Waals surface area contributed by atoms with E-state index in [0.717, 1.165) is 21.7 Å². The van der Waals surface area contributed by atoms with E-state index in [2.05, 4.69) is 0 Å². The zero-order valence-electron chi connectivity index (χ0n) is 20.8. The van der Waals surface area contributed by atoms with Gasteiger partial charge in [-0.25, -0.2) is 17.2 Å². The summed E-state index contributed by atoms with van der Waals surface area (Å²) < 4.78 is 73.9. The molecule has 0 aliphatic heterocycles. The summed E-state index contributed by atoms with van der Waals surface area (Å²) in [6.45, 7) is 5.89. The summed E-state index contributed by atoms with van der Waals surface area (Å²) >= 11 is 0. The van der Waals surface area contributed by atoms with Gasteiger partial charge in [0.05, 0.1) is 28.6 Å². The Morgan fingerprint density at radius 2 is 1.57 bits per heavy atom. The van der Waals surface area contributed by atoms with Crippen molar-refractivity contribution in [2.45, 2.75) is 43.7 Å². The van der Waals surface area contributed by atoms with Gasteiger partial charge in [0.2, 0.25) is 0 Å². The predicted octanol–water partition coefficient (Wildman–Crippen LogP) is 6.57. The minimum Gasteiger partial charge on any atom is -0.465 e. The van der Waals surface area contributed by atoms with Gasteiger partial charge in [-0.3, -0.25) is 0 Å². The summed E-state index contributed by atoms with van der Waals surface area (Å²) in [4.78, 5) is 11.8. The van der Waals surface area contributed by atoms with Crippen LogP contribution in [0.2, 0.25) is 0 Å². The average molecular weight is 530 g/mol. The summed E-state index contributed by atoms with van der Waals surface area (Å²) in [7, 11) is -2.90. The highest BCUT2D eigenvalue weighted by Gasteiger charge is 2.32. The summed E-state index contributed by atoms with van der Waals surface area (Å²) in [6, 6.07) is 17.5. The van der Waals surface area contributed by atoms with Gasteiger partial charge in [0.25, 0.3) is 10.0 Å². The van der Waals surface area contributed by atoms with Crippen molar-refractivity contribution in [1.82, 2.24) is 3.97 Å². The second kappa shape index (κ2) is 9.37. The van der Waals surface area contributed by atoms with E-state index in [4.69, 9.17) is 4.74 Å². The summed E-state index contributed by atoms with van der Waals surface area (Å²) in [5, 5.41) is 0.159. The third kappa shape index (κ3) is 5.27. The third-order valence-corrected chi connectivity index (χ3v) is 7.92. The molecule has 0 aliphatic rings. The molecule has 0 fully saturated rings. The Balaban J connectivity index is 1.89. The van der Waals surface area contributed by atoms with Crippen molar-refractivity contribution < 1.29 is 31.1 Å². The zero-order chi connectivity index (χ0) is 27.2. The van der Waals surface area contributed by atoms with Gasteiger partial charge in [0, 0.05) is 17.5 Å². The Morgan fingerprint density at radius 1 is 0.892 bits per heavy atom. The van der Waals surface area contributed by atoms with Gasteiger partial charge in [0.15, 0.2) is 0 Å². The van der Waals surface area contributed by atoms with Crippen molar-refractivity contribution in [2.24, 2.45) is 0 Å². The lowest BCUT2D eigenvalue weighted by molar-refractivity contribution is -0.137. The lowest BCUT2D eigenvalue weighted by Crippen LogP contribution is -2.18. The van der Waals surface area contributed by atoms with Crippen LogP contribution >= 0.6 is 0 Å². The second-order valence-electron chi connectivity index (χ2n) is 9.82. The van der Waals surface area contributed by atoms with Gasteiger partial charge < -0.3 is 4.74 Å². The van der Waals surface area contributed by atoms with Gasteiger partial charge in [-0.2, -0.15) is 13.2 Å². The van der Waals surface area contributed by atoms with E-state index in [1.165, 1.54) is 25.3 Å². The van der Waals surface area contributed by atoms with Gasteiger partial charge in [-0.1, -0.05) is 45.0 Å². The van der Waals surface area contributed by atoms with Gasteiger partial charge in [0.1, 0.15) is 0 Å². The molecular weight excluding hydrogens is 503 g/mol. The van der Waals surface area contributed by atoms with Crippen molar-refractivity contribution in [3.8, 4) is 0 Å². The average Bonchev–Trinajstić information content (AvgIpc) is 3.21. The fourth-order valence-electron chi connectivity index (χ4n) is 4.15. The standard InChI is InChI=1S/C28H26F3NO4S/c1-27(2,3)21-6-5-7-24(17-21)37(34,35)32-23(14-18-8-10-19(11-9-18)26(33)36-4)16-20-15-22(28(29,30)31)12-13-25(20)32/h5-13,15-17H,14H2,1-4H3. The maximum atomic E-state index is 13.9. The van der Waals surface area contributed by atoms with Crippen molar-refractivity contribution in [2.75, 3.05) is 7.11 Å². The van der Waals surface area contributed by atoms with Crippen LogP contribution in [-0.4, -0.2) is 25.5 Å². The van der Waals surface area contributed by atoms with E-state index >= 15 is 0 Å². The number of nitrogens with zero attached hydrogens (tertiary/aromatic N) is 1. The van der Waals surface area contributed by atoms with Crippen LogP contribution in [-0.2, 0) is 32.8 Å². The lowest BCUT2D eigenvalue weighted by atomic mass is 9.87. The highest BCUT2D eigenvalue weighted by atomic mass is 32.2. The van der Waals surface area contributed by atoms with E-state index in [9.17, 15) is 26.4 Å². The van der Waals surface area contributed by atoms with Crippen LogP contribution in [0.5, 0.6) is 0 Å². The van der Waals surface area contributed by atoms with Crippen LogP contribution in [0.4, 0.5) is 13.2 Å². The molecule has 5 nitrogen and oxygen atoms in total. The summed E-state index contributed by atoms with van der Waals surface area (Å²) in [5.41, 5.74) is 1.08. The molecule has 3 aromatic carbocycles. The van der Waals surface area contributed by atoms with E-state index in [-0.39, 0.29) is 27.6 Å². The van der Waals surface area contributed by atoms with Crippen molar-refractivity contribution >= 4 is 26.9 Å². The van der Waals surface area contributed by atoms with Crippen LogP contribution in [0.15, 0.2) is 77.7 Å². The molecule has 0 N–H and O–H groups in total. The lowest BCUT2D eigenvalue weighted by Gasteiger charge is -2.20. The Kier molecular flexibility index (Phi) is 6.71. The number of ether oxygens (including phenoxy) is 1. The normalized spacial score (nSPS) is 12.6. The van der Waals surface area contributed by atoms with E-state index in [1.54, 1.807) is 36.4 Å². The number of fused-ring (bicyclic) bond motifs is 1. The van der Waals surface area contributed by atoms with E-state index in [0.29, 0.717) is 16.8 Å². The molecule has 194 valence electrons. The first-order valence-corrected chi connectivity index (χ1v) is 12.9. The Labute approximate surface area is 213 Å². The monoisotopic (exact) mass is 529 g/mol. The minimum atomic E-state index is -4.57. The third-order valence-electron chi connectivity index (χ3n) is 6.16. The number of methoxy groups -OCH3 is 1. The number of halogens is 3.